The summed E-state index contributed by atoms with van der Waals surface area (Å²) in [6.07, 6.45) is 3.58. The molecule has 3 N–H and O–H groups in total. The highest BCUT2D eigenvalue weighted by atomic mass is 32.2. The van der Waals surface area contributed by atoms with Crippen molar-refractivity contribution in [1.82, 2.24) is 18.9 Å². The molecular formula is C16H19N5OS. The molecule has 7 heteroatoms. The molecule has 3 rings (SSSR count). The number of fused-ring (bicyclic) bond motifs is 1. The van der Waals surface area contributed by atoms with E-state index in [0.29, 0.717) is 6.54 Å². The number of nitrogens with zero attached hydrogens (tertiary/aromatic N) is 4. The maximum Gasteiger partial charge on any atom is 0.107 e. The van der Waals surface area contributed by atoms with Crippen molar-refractivity contribution < 1.29 is 5.11 Å². The standard InChI is InChI=1S/C16H19N5OS/c1-12-19-15-10-18-7-6-16(15)20(12)11-13-2-4-14(5-3-13)23-21(17)8-9-22/h2-7,10,22H,8-9,11,17H2,1H3. The Labute approximate surface area is 139 Å². The van der Waals surface area contributed by atoms with E-state index in [4.69, 9.17) is 10.9 Å². The molecule has 0 radical (unpaired) electrons. The minimum Gasteiger partial charge on any atom is -0.395 e. The zero-order valence-corrected chi connectivity index (χ0v) is 13.7. The summed E-state index contributed by atoms with van der Waals surface area (Å²) in [5.41, 5.74) is 3.20. The Morgan fingerprint density at radius 2 is 2.04 bits per heavy atom. The van der Waals surface area contributed by atoms with Crippen LogP contribution in [0.3, 0.4) is 0 Å². The van der Waals surface area contributed by atoms with Crippen LogP contribution in [0.1, 0.15) is 11.4 Å². The molecule has 0 bridgehead atoms. The number of aliphatic hydroxyl groups excluding tert-OH is 1. The molecule has 2 aromatic heterocycles. The molecule has 1 aromatic carbocycles. The third-order valence-corrected chi connectivity index (χ3v) is 4.45. The smallest absolute Gasteiger partial charge is 0.107 e. The molecule has 0 amide bonds. The Bertz CT molecular complexity index is 787. The minimum absolute atomic E-state index is 0.0451. The summed E-state index contributed by atoms with van der Waals surface area (Å²) in [4.78, 5) is 9.69. The monoisotopic (exact) mass is 329 g/mol. The van der Waals surface area contributed by atoms with Crippen LogP contribution in [-0.4, -0.2) is 37.2 Å². The maximum atomic E-state index is 8.87. The van der Waals surface area contributed by atoms with Crippen molar-refractivity contribution >= 4 is 23.0 Å². The molecule has 0 aliphatic rings. The molecule has 3 aromatic rings. The van der Waals surface area contributed by atoms with Crippen molar-refractivity contribution in [2.75, 3.05) is 13.2 Å². The lowest BCUT2D eigenvalue weighted by atomic mass is 10.2. The van der Waals surface area contributed by atoms with Crippen LogP contribution in [0, 0.1) is 6.92 Å². The summed E-state index contributed by atoms with van der Waals surface area (Å²) in [5, 5.41) is 8.87. The van der Waals surface area contributed by atoms with Gasteiger partial charge in [0.2, 0.25) is 0 Å². The highest BCUT2D eigenvalue weighted by Crippen LogP contribution is 2.21. The molecule has 23 heavy (non-hydrogen) atoms. The highest BCUT2D eigenvalue weighted by Gasteiger charge is 2.08. The summed E-state index contributed by atoms with van der Waals surface area (Å²) in [7, 11) is 0. The van der Waals surface area contributed by atoms with E-state index in [0.717, 1.165) is 28.3 Å². The molecule has 6 nitrogen and oxygen atoms in total. The van der Waals surface area contributed by atoms with Crippen LogP contribution in [0.5, 0.6) is 0 Å². The number of aryl methyl sites for hydroxylation is 1. The quantitative estimate of drug-likeness (QED) is 0.409. The lowest BCUT2D eigenvalue weighted by Gasteiger charge is -2.13. The van der Waals surface area contributed by atoms with Crippen molar-refractivity contribution in [2.45, 2.75) is 18.4 Å². The largest absolute Gasteiger partial charge is 0.395 e. The van der Waals surface area contributed by atoms with Crippen LogP contribution in [-0.2, 0) is 6.54 Å². The second-order valence-corrected chi connectivity index (χ2v) is 6.33. The third-order valence-electron chi connectivity index (χ3n) is 3.55. The van der Waals surface area contributed by atoms with Gasteiger partial charge in [0.25, 0.3) is 0 Å². The highest BCUT2D eigenvalue weighted by molar-refractivity contribution is 7.97. The SMILES string of the molecule is Cc1nc2cnccc2n1Cc1ccc(SN(N)CCO)cc1. The molecule has 120 valence electrons. The van der Waals surface area contributed by atoms with Gasteiger partial charge in [0.15, 0.2) is 0 Å². The van der Waals surface area contributed by atoms with Gasteiger partial charge >= 0.3 is 0 Å². The molecule has 0 aliphatic heterocycles. The van der Waals surface area contributed by atoms with Gasteiger partial charge in [0.05, 0.1) is 18.3 Å². The van der Waals surface area contributed by atoms with Crippen molar-refractivity contribution in [3.8, 4) is 0 Å². The molecule has 0 unspecified atom stereocenters. The number of hydrazine groups is 1. The molecule has 0 saturated carbocycles. The van der Waals surface area contributed by atoms with Crippen molar-refractivity contribution in [1.29, 1.82) is 0 Å². The average molecular weight is 329 g/mol. The number of nitrogens with two attached hydrogens (primary N) is 1. The average Bonchev–Trinajstić information content (AvgIpc) is 2.85. The number of hydrogen-bond acceptors (Lipinski definition) is 6. The van der Waals surface area contributed by atoms with Gasteiger partial charge in [-0.1, -0.05) is 12.1 Å². The Morgan fingerprint density at radius 3 is 2.78 bits per heavy atom. The first-order valence-corrected chi connectivity index (χ1v) is 8.11. The topological polar surface area (TPSA) is 80.2 Å². The van der Waals surface area contributed by atoms with E-state index in [-0.39, 0.29) is 6.61 Å². The first kappa shape index (κ1) is 15.9. The summed E-state index contributed by atoms with van der Waals surface area (Å²) in [5.74, 6) is 6.74. The summed E-state index contributed by atoms with van der Waals surface area (Å²) >= 11 is 1.41. The fraction of sp³-hybridized carbons (Fsp3) is 0.250. The third kappa shape index (κ3) is 3.70. The second kappa shape index (κ2) is 7.10. The van der Waals surface area contributed by atoms with Gasteiger partial charge in [-0.2, -0.15) is 4.41 Å². The zero-order valence-electron chi connectivity index (χ0n) is 12.9. The zero-order chi connectivity index (χ0) is 16.2. The van der Waals surface area contributed by atoms with E-state index in [1.807, 2.05) is 25.1 Å². The van der Waals surface area contributed by atoms with Crippen LogP contribution in [0.4, 0.5) is 0 Å². The predicted octanol–water partition coefficient (Wildman–Crippen LogP) is 1.96. The van der Waals surface area contributed by atoms with Gasteiger partial charge in [-0.05, 0) is 42.6 Å². The van der Waals surface area contributed by atoms with E-state index in [9.17, 15) is 0 Å². The molecule has 0 saturated heterocycles. The Balaban J connectivity index is 1.76. The molecule has 0 atom stereocenters. The molecule has 2 heterocycles. The van der Waals surface area contributed by atoms with E-state index >= 15 is 0 Å². The minimum atomic E-state index is 0.0451. The number of imidazole rings is 1. The number of aliphatic hydroxyl groups is 1. The van der Waals surface area contributed by atoms with E-state index in [2.05, 4.69) is 26.7 Å². The first-order valence-electron chi connectivity index (χ1n) is 7.34. The summed E-state index contributed by atoms with van der Waals surface area (Å²) < 4.78 is 3.70. The summed E-state index contributed by atoms with van der Waals surface area (Å²) in [6.45, 7) is 3.25. The van der Waals surface area contributed by atoms with Gasteiger partial charge in [-0.15, -0.1) is 0 Å². The Morgan fingerprint density at radius 1 is 1.26 bits per heavy atom. The van der Waals surface area contributed by atoms with Crippen LogP contribution in [0.2, 0.25) is 0 Å². The summed E-state index contributed by atoms with van der Waals surface area (Å²) in [6, 6.07) is 10.2. The lowest BCUT2D eigenvalue weighted by Crippen LogP contribution is -2.26. The number of benzene rings is 1. The molecule has 0 spiro atoms. The molecule has 0 fully saturated rings. The van der Waals surface area contributed by atoms with Crippen LogP contribution < -0.4 is 5.84 Å². The number of hydrogen-bond donors (Lipinski definition) is 2. The second-order valence-electron chi connectivity index (χ2n) is 5.21. The van der Waals surface area contributed by atoms with Gasteiger partial charge in [-0.25, -0.2) is 4.98 Å². The number of aromatic nitrogens is 3. The van der Waals surface area contributed by atoms with Gasteiger partial charge < -0.3 is 9.67 Å². The van der Waals surface area contributed by atoms with Gasteiger partial charge in [0, 0.05) is 24.2 Å². The van der Waals surface area contributed by atoms with Crippen molar-refractivity contribution in [3.63, 3.8) is 0 Å². The fourth-order valence-corrected chi connectivity index (χ4v) is 3.12. The van der Waals surface area contributed by atoms with Crippen molar-refractivity contribution in [3.05, 3.63) is 54.1 Å². The lowest BCUT2D eigenvalue weighted by molar-refractivity contribution is 0.263. The van der Waals surface area contributed by atoms with E-state index < -0.39 is 0 Å². The van der Waals surface area contributed by atoms with E-state index in [1.165, 1.54) is 21.9 Å². The Kier molecular flexibility index (Phi) is 4.92. The molecule has 0 aliphatic carbocycles. The van der Waals surface area contributed by atoms with Crippen LogP contribution in [0.25, 0.3) is 11.0 Å². The van der Waals surface area contributed by atoms with Gasteiger partial charge in [-0.3, -0.25) is 10.8 Å². The Hall–Kier alpha value is -1.93. The molecular weight excluding hydrogens is 310 g/mol. The maximum absolute atomic E-state index is 8.87. The van der Waals surface area contributed by atoms with E-state index in [1.54, 1.807) is 12.4 Å². The van der Waals surface area contributed by atoms with Crippen molar-refractivity contribution in [2.24, 2.45) is 5.84 Å². The number of rotatable bonds is 6. The normalized spacial score (nSPS) is 11.5. The van der Waals surface area contributed by atoms with Gasteiger partial charge in [0.1, 0.15) is 11.3 Å². The predicted molar refractivity (Wildman–Crippen MR) is 91.6 cm³/mol. The number of pyridine rings is 1. The van der Waals surface area contributed by atoms with Crippen LogP contribution >= 0.6 is 11.9 Å². The van der Waals surface area contributed by atoms with Crippen LogP contribution in [0.15, 0.2) is 47.6 Å². The fourth-order valence-electron chi connectivity index (χ4n) is 2.42. The first-order chi connectivity index (χ1) is 11.2.